The molecule has 3 N–H and O–H groups in total. The number of aromatic nitrogens is 2. The number of urea groups is 1. The van der Waals surface area contributed by atoms with Crippen molar-refractivity contribution in [3.8, 4) is 39.8 Å². The van der Waals surface area contributed by atoms with Crippen molar-refractivity contribution in [2.45, 2.75) is 39.2 Å². The average Bonchev–Trinajstić information content (AvgIpc) is 3.07. The van der Waals surface area contributed by atoms with E-state index in [0.717, 1.165) is 28.7 Å². The molecular formula is C26H31N5O5. The summed E-state index contributed by atoms with van der Waals surface area (Å²) in [5.41, 5.74) is 4.82. The maximum absolute atomic E-state index is 12.1. The second kappa shape index (κ2) is 10.7. The predicted molar refractivity (Wildman–Crippen MR) is 136 cm³/mol. The number of ether oxygens (including phenoxy) is 3. The lowest BCUT2D eigenvalue weighted by molar-refractivity contribution is -0.119. The molecule has 1 aliphatic heterocycles. The number of fused-ring (bicyclic) bond motifs is 4. The van der Waals surface area contributed by atoms with Crippen LogP contribution in [0.25, 0.3) is 22.5 Å². The molecule has 3 aliphatic rings. The normalized spacial score (nSPS) is 14.2. The number of aryl methyl sites for hydroxylation is 1. The molecule has 0 spiro atoms. The largest absolute Gasteiger partial charge is 0.493 e. The maximum Gasteiger partial charge on any atom is 0.321 e. The van der Waals surface area contributed by atoms with Crippen molar-refractivity contribution in [2.75, 3.05) is 33.2 Å². The fourth-order valence-corrected chi connectivity index (χ4v) is 4.59. The molecule has 0 saturated carbocycles. The molecule has 0 bridgehead atoms. The Balaban J connectivity index is 1.90. The number of hydrogen-bond donors (Lipinski definition) is 3. The minimum absolute atomic E-state index is 0.134. The molecule has 0 fully saturated rings. The fourth-order valence-electron chi connectivity index (χ4n) is 4.59. The average molecular weight is 494 g/mol. The zero-order valence-corrected chi connectivity index (χ0v) is 21.2. The quantitative estimate of drug-likeness (QED) is 0.456. The Morgan fingerprint density at radius 3 is 2.44 bits per heavy atom. The highest BCUT2D eigenvalue weighted by Gasteiger charge is 2.30. The molecule has 0 saturated heterocycles. The highest BCUT2D eigenvalue weighted by molar-refractivity contribution is 5.89. The van der Waals surface area contributed by atoms with Gasteiger partial charge in [0.1, 0.15) is 0 Å². The standard InChI is InChI=1S/C26H31N5O5/c1-6-11-27-26(33)31-25-29-19-10-8-16-17(13-20(19)30-25)18(28-14(2)32)9-7-15-12-21(34-3)23(35-4)24(36-5)22(15)16/h8,10,12-13,18H,6-7,9,11H2,1-5H3,(H,28,32)(H2,27,29,30,31,33). The first kappa shape index (κ1) is 25.0. The first-order chi connectivity index (χ1) is 17.4. The van der Waals surface area contributed by atoms with Crippen molar-refractivity contribution in [2.24, 2.45) is 0 Å². The molecule has 2 aliphatic carbocycles. The number of rotatable bonds is 7. The lowest BCUT2D eigenvalue weighted by atomic mass is 9.95. The molecule has 1 heterocycles. The molecule has 1 aromatic rings. The molecule has 0 radical (unpaired) electrons. The summed E-state index contributed by atoms with van der Waals surface area (Å²) in [4.78, 5) is 33.3. The van der Waals surface area contributed by atoms with E-state index in [1.54, 1.807) is 21.3 Å². The fraction of sp³-hybridized carbons (Fsp3) is 0.385. The van der Waals surface area contributed by atoms with Crippen LogP contribution in [-0.2, 0) is 11.2 Å². The Morgan fingerprint density at radius 2 is 1.78 bits per heavy atom. The monoisotopic (exact) mass is 493 g/mol. The Morgan fingerprint density at radius 1 is 1.03 bits per heavy atom. The van der Waals surface area contributed by atoms with Crippen LogP contribution < -0.4 is 30.2 Å². The molecule has 36 heavy (non-hydrogen) atoms. The number of amides is 3. The second-order valence-corrected chi connectivity index (χ2v) is 8.52. The summed E-state index contributed by atoms with van der Waals surface area (Å²) < 4.78 is 17.0. The van der Waals surface area contributed by atoms with E-state index in [4.69, 9.17) is 14.2 Å². The highest BCUT2D eigenvalue weighted by Crippen LogP contribution is 2.50. The van der Waals surface area contributed by atoms with Crippen LogP contribution in [0.4, 0.5) is 10.7 Å². The zero-order valence-electron chi connectivity index (χ0n) is 21.2. The molecule has 1 atom stereocenters. The van der Waals surface area contributed by atoms with Gasteiger partial charge in [0.25, 0.3) is 0 Å². The van der Waals surface area contributed by atoms with Crippen LogP contribution in [0.5, 0.6) is 17.2 Å². The van der Waals surface area contributed by atoms with E-state index in [1.165, 1.54) is 6.92 Å². The number of carbonyl (C=O) groups excluding carboxylic acids is 2. The second-order valence-electron chi connectivity index (χ2n) is 8.52. The van der Waals surface area contributed by atoms with E-state index in [-0.39, 0.29) is 23.9 Å². The van der Waals surface area contributed by atoms with Crippen molar-refractivity contribution in [3.63, 3.8) is 0 Å². The van der Waals surface area contributed by atoms with Gasteiger partial charge in [0.05, 0.1) is 38.8 Å². The summed E-state index contributed by atoms with van der Waals surface area (Å²) in [7, 11) is 4.76. The molecule has 190 valence electrons. The first-order valence-corrected chi connectivity index (χ1v) is 11.9. The molecule has 1 unspecified atom stereocenters. The van der Waals surface area contributed by atoms with Crippen LogP contribution in [0, 0.1) is 0 Å². The zero-order chi connectivity index (χ0) is 25.8. The lowest BCUT2D eigenvalue weighted by Crippen LogP contribution is -2.29. The van der Waals surface area contributed by atoms with Crippen LogP contribution in [0.2, 0.25) is 0 Å². The molecule has 10 heteroatoms. The van der Waals surface area contributed by atoms with Gasteiger partial charge in [-0.05, 0) is 54.2 Å². The van der Waals surface area contributed by atoms with Crippen molar-refractivity contribution in [1.82, 2.24) is 20.6 Å². The van der Waals surface area contributed by atoms with Crippen LogP contribution >= 0.6 is 0 Å². The van der Waals surface area contributed by atoms with E-state index in [2.05, 4.69) is 25.9 Å². The third-order valence-electron chi connectivity index (χ3n) is 6.12. The van der Waals surface area contributed by atoms with Gasteiger partial charge < -0.3 is 24.8 Å². The number of imidazole rings is 1. The summed E-state index contributed by atoms with van der Waals surface area (Å²) >= 11 is 0. The van der Waals surface area contributed by atoms with Crippen LogP contribution in [0.3, 0.4) is 0 Å². The van der Waals surface area contributed by atoms with E-state index in [1.807, 2.05) is 31.2 Å². The van der Waals surface area contributed by atoms with Crippen LogP contribution in [0.1, 0.15) is 43.9 Å². The summed E-state index contributed by atoms with van der Waals surface area (Å²) in [6.07, 6.45) is 2.16. The Kier molecular flexibility index (Phi) is 7.42. The van der Waals surface area contributed by atoms with E-state index >= 15 is 0 Å². The number of benzene rings is 1. The smallest absolute Gasteiger partial charge is 0.321 e. The summed E-state index contributed by atoms with van der Waals surface area (Å²) in [5.74, 6) is 1.71. The third kappa shape index (κ3) is 4.84. The molecule has 0 aromatic heterocycles. The van der Waals surface area contributed by atoms with Crippen molar-refractivity contribution < 1.29 is 23.8 Å². The number of hydrogen-bond acceptors (Lipinski definition) is 7. The maximum atomic E-state index is 12.1. The molecule has 1 aromatic carbocycles. The van der Waals surface area contributed by atoms with Crippen LogP contribution in [0.15, 0.2) is 24.3 Å². The van der Waals surface area contributed by atoms with Gasteiger partial charge in [-0.2, -0.15) is 0 Å². The number of methoxy groups -OCH3 is 3. The van der Waals surface area contributed by atoms with Gasteiger partial charge in [-0.25, -0.2) is 14.8 Å². The summed E-state index contributed by atoms with van der Waals surface area (Å²) in [5, 5.41) is 8.51. The molecule has 3 amide bonds. The molecule has 10 nitrogen and oxygen atoms in total. The summed E-state index contributed by atoms with van der Waals surface area (Å²) in [6.45, 7) is 4.04. The van der Waals surface area contributed by atoms with Crippen molar-refractivity contribution in [1.29, 1.82) is 0 Å². The molecular weight excluding hydrogens is 462 g/mol. The number of anilines is 1. The SMILES string of the molecule is CCCNC(=O)Nc1nc2ccc3c(cc-2n1)C(NC(C)=O)CCc1cc(OC)c(OC)c(OC)c1-3. The number of nitrogens with one attached hydrogen (secondary N) is 3. The first-order valence-electron chi connectivity index (χ1n) is 11.9. The lowest BCUT2D eigenvalue weighted by Gasteiger charge is -2.19. The van der Waals surface area contributed by atoms with E-state index < -0.39 is 0 Å². The number of carbonyl (C=O) groups is 2. The van der Waals surface area contributed by atoms with Gasteiger partial charge in [0, 0.05) is 19.0 Å². The molecule has 4 rings (SSSR count). The Hall–Kier alpha value is -4.08. The van der Waals surface area contributed by atoms with Crippen molar-refractivity contribution >= 4 is 17.9 Å². The highest BCUT2D eigenvalue weighted by atomic mass is 16.5. The number of nitrogens with zero attached hydrogens (tertiary/aromatic N) is 2. The topological polar surface area (TPSA) is 124 Å². The van der Waals surface area contributed by atoms with Crippen LogP contribution in [-0.4, -0.2) is 49.8 Å². The van der Waals surface area contributed by atoms with Gasteiger partial charge >= 0.3 is 6.03 Å². The van der Waals surface area contributed by atoms with Gasteiger partial charge in [-0.1, -0.05) is 13.0 Å². The Bertz CT molecular complexity index is 1260. The van der Waals surface area contributed by atoms with Gasteiger partial charge in [0.2, 0.25) is 17.6 Å². The minimum atomic E-state index is -0.355. The van der Waals surface area contributed by atoms with Gasteiger partial charge in [-0.15, -0.1) is 0 Å². The predicted octanol–water partition coefficient (Wildman–Crippen LogP) is 3.93. The van der Waals surface area contributed by atoms with Gasteiger partial charge in [0.15, 0.2) is 11.5 Å². The van der Waals surface area contributed by atoms with E-state index in [9.17, 15) is 9.59 Å². The minimum Gasteiger partial charge on any atom is -0.493 e. The van der Waals surface area contributed by atoms with Gasteiger partial charge in [-0.3, -0.25) is 10.1 Å². The third-order valence-corrected chi connectivity index (χ3v) is 6.12. The van der Waals surface area contributed by atoms with Crippen molar-refractivity contribution in [3.05, 3.63) is 35.4 Å². The van der Waals surface area contributed by atoms with E-state index in [0.29, 0.717) is 48.0 Å². The summed E-state index contributed by atoms with van der Waals surface area (Å²) in [6, 6.07) is 7.04. The Labute approximate surface area is 210 Å².